The highest BCUT2D eigenvalue weighted by Crippen LogP contribution is 2.50. The molecule has 0 radical (unpaired) electrons. The number of ether oxygens (including phenoxy) is 1. The zero-order chi connectivity index (χ0) is 16.5. The number of fused-ring (bicyclic) bond motifs is 3. The van der Waals surface area contributed by atoms with E-state index < -0.39 is 0 Å². The van der Waals surface area contributed by atoms with Crippen molar-refractivity contribution in [2.75, 3.05) is 11.9 Å². The summed E-state index contributed by atoms with van der Waals surface area (Å²) < 4.78 is 5.81. The predicted molar refractivity (Wildman–Crippen MR) is 96.7 cm³/mol. The van der Waals surface area contributed by atoms with Crippen LogP contribution in [0.4, 0.5) is 5.69 Å². The standard InChI is InChI=1S/C21H23NO2/c1-2-12-24-16-10-11-20-19(13-16)17-4-3-5-18(17)21(22-20)14-6-8-15(23)9-7-14/h3-4,6-11,13,17-18,21-23H,2,5,12H2,1H3. The maximum absolute atomic E-state index is 9.55. The van der Waals surface area contributed by atoms with E-state index in [-0.39, 0.29) is 6.04 Å². The fourth-order valence-electron chi connectivity index (χ4n) is 3.89. The van der Waals surface area contributed by atoms with E-state index in [0.717, 1.165) is 25.2 Å². The molecule has 2 N–H and O–H groups in total. The second-order valence-electron chi connectivity index (χ2n) is 6.66. The summed E-state index contributed by atoms with van der Waals surface area (Å²) in [5, 5.41) is 13.3. The smallest absolute Gasteiger partial charge is 0.119 e. The summed E-state index contributed by atoms with van der Waals surface area (Å²) in [5.74, 6) is 2.20. The van der Waals surface area contributed by atoms with Crippen LogP contribution >= 0.6 is 0 Å². The zero-order valence-corrected chi connectivity index (χ0v) is 13.9. The molecule has 0 spiro atoms. The van der Waals surface area contributed by atoms with Crippen molar-refractivity contribution < 1.29 is 9.84 Å². The molecule has 3 unspecified atom stereocenters. The van der Waals surface area contributed by atoms with Crippen LogP contribution in [0.25, 0.3) is 0 Å². The normalized spacial score (nSPS) is 24.1. The number of phenolic OH excluding ortho intramolecular Hbond substituents is 1. The van der Waals surface area contributed by atoms with Crippen molar-refractivity contribution in [3.05, 3.63) is 65.7 Å². The van der Waals surface area contributed by atoms with Crippen LogP contribution in [0.3, 0.4) is 0 Å². The van der Waals surface area contributed by atoms with Crippen LogP contribution in [-0.2, 0) is 0 Å². The molecule has 4 rings (SSSR count). The van der Waals surface area contributed by atoms with Gasteiger partial charge in [0.15, 0.2) is 0 Å². The molecule has 0 saturated heterocycles. The van der Waals surface area contributed by atoms with Crippen molar-refractivity contribution in [2.45, 2.75) is 31.7 Å². The zero-order valence-electron chi connectivity index (χ0n) is 13.9. The molecule has 3 atom stereocenters. The predicted octanol–water partition coefficient (Wildman–Crippen LogP) is 5.01. The van der Waals surface area contributed by atoms with Gasteiger partial charge >= 0.3 is 0 Å². The Morgan fingerprint density at radius 2 is 2.00 bits per heavy atom. The van der Waals surface area contributed by atoms with Crippen LogP contribution < -0.4 is 10.1 Å². The molecule has 0 fully saturated rings. The fraction of sp³-hybridized carbons (Fsp3) is 0.333. The molecule has 2 aliphatic rings. The minimum atomic E-state index is 0.264. The number of benzene rings is 2. The van der Waals surface area contributed by atoms with Gasteiger partial charge in [0.25, 0.3) is 0 Å². The first kappa shape index (κ1) is 15.1. The van der Waals surface area contributed by atoms with E-state index in [1.165, 1.54) is 16.8 Å². The van der Waals surface area contributed by atoms with E-state index in [1.807, 2.05) is 18.2 Å². The molecule has 0 amide bonds. The van der Waals surface area contributed by atoms with Crippen molar-refractivity contribution in [1.82, 2.24) is 0 Å². The van der Waals surface area contributed by atoms with Gasteiger partial charge in [0.2, 0.25) is 0 Å². The summed E-state index contributed by atoms with van der Waals surface area (Å²) in [6.07, 6.45) is 6.72. The number of nitrogens with one attached hydrogen (secondary N) is 1. The van der Waals surface area contributed by atoms with Gasteiger partial charge in [-0.05, 0) is 60.2 Å². The van der Waals surface area contributed by atoms with Crippen molar-refractivity contribution >= 4 is 5.69 Å². The third kappa shape index (κ3) is 2.64. The molecular weight excluding hydrogens is 298 g/mol. The van der Waals surface area contributed by atoms with Crippen LogP contribution in [0.1, 0.15) is 42.9 Å². The van der Waals surface area contributed by atoms with E-state index in [9.17, 15) is 5.11 Å². The number of phenols is 1. The molecule has 124 valence electrons. The van der Waals surface area contributed by atoms with Crippen molar-refractivity contribution in [3.8, 4) is 11.5 Å². The van der Waals surface area contributed by atoms with Gasteiger partial charge in [-0.15, -0.1) is 0 Å². The highest BCUT2D eigenvalue weighted by Gasteiger charge is 2.37. The van der Waals surface area contributed by atoms with E-state index in [1.54, 1.807) is 12.1 Å². The molecule has 1 aliphatic carbocycles. The van der Waals surface area contributed by atoms with E-state index in [4.69, 9.17) is 4.74 Å². The Bertz CT molecular complexity index is 751. The van der Waals surface area contributed by atoms with Crippen molar-refractivity contribution in [2.24, 2.45) is 5.92 Å². The van der Waals surface area contributed by atoms with Gasteiger partial charge in [0, 0.05) is 11.6 Å². The van der Waals surface area contributed by atoms with Gasteiger partial charge in [0.1, 0.15) is 11.5 Å². The topological polar surface area (TPSA) is 41.5 Å². The molecule has 0 aromatic heterocycles. The van der Waals surface area contributed by atoms with Crippen molar-refractivity contribution in [3.63, 3.8) is 0 Å². The lowest BCUT2D eigenvalue weighted by Gasteiger charge is -2.37. The second kappa shape index (κ2) is 6.23. The van der Waals surface area contributed by atoms with Crippen LogP contribution in [0.15, 0.2) is 54.6 Å². The SMILES string of the molecule is CCCOc1ccc2c(c1)C1C=CCC1C(c1ccc(O)cc1)N2. The Hall–Kier alpha value is -2.42. The first-order valence-corrected chi connectivity index (χ1v) is 8.75. The summed E-state index contributed by atoms with van der Waals surface area (Å²) in [7, 11) is 0. The summed E-state index contributed by atoms with van der Waals surface area (Å²) in [4.78, 5) is 0. The first-order chi connectivity index (χ1) is 11.8. The van der Waals surface area contributed by atoms with Gasteiger partial charge in [-0.3, -0.25) is 0 Å². The van der Waals surface area contributed by atoms with E-state index >= 15 is 0 Å². The lowest BCUT2D eigenvalue weighted by atomic mass is 9.77. The Morgan fingerprint density at radius 1 is 1.17 bits per heavy atom. The van der Waals surface area contributed by atoms with E-state index in [0.29, 0.717) is 17.6 Å². The molecule has 1 aliphatic heterocycles. The largest absolute Gasteiger partial charge is 0.508 e. The maximum atomic E-state index is 9.55. The number of hydrogen-bond donors (Lipinski definition) is 2. The molecule has 2 aromatic carbocycles. The summed E-state index contributed by atoms with van der Waals surface area (Å²) >= 11 is 0. The highest BCUT2D eigenvalue weighted by molar-refractivity contribution is 5.61. The highest BCUT2D eigenvalue weighted by atomic mass is 16.5. The lowest BCUT2D eigenvalue weighted by molar-refractivity contribution is 0.316. The minimum absolute atomic E-state index is 0.264. The first-order valence-electron chi connectivity index (χ1n) is 8.75. The molecule has 1 heterocycles. The van der Waals surface area contributed by atoms with Gasteiger partial charge < -0.3 is 15.2 Å². The molecule has 3 nitrogen and oxygen atoms in total. The second-order valence-corrected chi connectivity index (χ2v) is 6.66. The van der Waals surface area contributed by atoms with E-state index in [2.05, 4.69) is 36.5 Å². The summed E-state index contributed by atoms with van der Waals surface area (Å²) in [6.45, 7) is 2.88. The number of rotatable bonds is 4. The Labute approximate surface area is 143 Å². The van der Waals surface area contributed by atoms with Crippen LogP contribution in [0, 0.1) is 5.92 Å². The van der Waals surface area contributed by atoms with Gasteiger partial charge in [-0.2, -0.15) is 0 Å². The molecule has 2 aromatic rings. The van der Waals surface area contributed by atoms with Crippen LogP contribution in [0.2, 0.25) is 0 Å². The Balaban J connectivity index is 1.68. The Morgan fingerprint density at radius 3 is 2.79 bits per heavy atom. The number of hydrogen-bond acceptors (Lipinski definition) is 3. The maximum Gasteiger partial charge on any atom is 0.119 e. The average Bonchev–Trinajstić information content (AvgIpc) is 3.10. The summed E-state index contributed by atoms with van der Waals surface area (Å²) in [6, 6.07) is 14.2. The molecular formula is C21H23NO2. The number of allylic oxidation sites excluding steroid dienone is 2. The average molecular weight is 321 g/mol. The fourth-order valence-corrected chi connectivity index (χ4v) is 3.89. The molecule has 24 heavy (non-hydrogen) atoms. The van der Waals surface area contributed by atoms with Crippen LogP contribution in [-0.4, -0.2) is 11.7 Å². The molecule has 0 bridgehead atoms. The number of anilines is 1. The number of aromatic hydroxyl groups is 1. The monoisotopic (exact) mass is 321 g/mol. The quantitative estimate of drug-likeness (QED) is 0.778. The Kier molecular flexibility index (Phi) is 3.93. The summed E-state index contributed by atoms with van der Waals surface area (Å²) in [5.41, 5.74) is 3.74. The molecule has 0 saturated carbocycles. The van der Waals surface area contributed by atoms with Crippen LogP contribution in [0.5, 0.6) is 11.5 Å². The van der Waals surface area contributed by atoms with Gasteiger partial charge in [-0.25, -0.2) is 0 Å². The third-order valence-electron chi connectivity index (χ3n) is 5.06. The van der Waals surface area contributed by atoms with Gasteiger partial charge in [0.05, 0.1) is 12.6 Å². The third-order valence-corrected chi connectivity index (χ3v) is 5.06. The lowest BCUT2D eigenvalue weighted by Crippen LogP contribution is -2.29. The van der Waals surface area contributed by atoms with Crippen molar-refractivity contribution in [1.29, 1.82) is 0 Å². The minimum Gasteiger partial charge on any atom is -0.508 e. The molecule has 3 heteroatoms. The van der Waals surface area contributed by atoms with Gasteiger partial charge in [-0.1, -0.05) is 31.2 Å².